The first-order valence-electron chi connectivity index (χ1n) is 3.29. The molecule has 2 unspecified atom stereocenters. The fourth-order valence-electron chi connectivity index (χ4n) is 0.643. The van der Waals surface area contributed by atoms with E-state index in [1.165, 1.54) is 0 Å². The normalized spacial score (nSPS) is 20.2. The number of nitrogens with two attached hydrogens (primary N) is 1. The Hall–Kier alpha value is -0.360. The number of aliphatic hydroxyl groups excluding tert-OH is 1. The predicted octanol–water partition coefficient (Wildman–Crippen LogP) is 0.844. The van der Waals surface area contributed by atoms with Crippen LogP contribution in [0.25, 0.3) is 0 Å². The summed E-state index contributed by atoms with van der Waals surface area (Å²) in [5.74, 6) is 0. The van der Waals surface area contributed by atoms with E-state index in [-0.39, 0.29) is 0 Å². The molecule has 0 aromatic heterocycles. The number of hydrogen-bond donors (Lipinski definition) is 2. The Morgan fingerprint density at radius 3 is 1.92 bits per heavy atom. The maximum Gasteiger partial charge on any atom is 0.420 e. The van der Waals surface area contributed by atoms with Gasteiger partial charge in [0.25, 0.3) is 0 Å². The van der Waals surface area contributed by atoms with Gasteiger partial charge in [-0.3, -0.25) is 0 Å². The number of halogens is 4. The Balaban J connectivity index is 4.53. The smallest absolute Gasteiger partial charge is 0.396 e. The zero-order valence-electron chi connectivity index (χ0n) is 6.53. The summed E-state index contributed by atoms with van der Waals surface area (Å²) in [4.78, 5) is 0. The van der Waals surface area contributed by atoms with Crippen molar-refractivity contribution in [2.75, 3.05) is 13.2 Å². The van der Waals surface area contributed by atoms with Gasteiger partial charge >= 0.3 is 6.18 Å². The van der Waals surface area contributed by atoms with Crippen molar-refractivity contribution in [2.45, 2.75) is 19.3 Å². The van der Waals surface area contributed by atoms with Gasteiger partial charge in [-0.2, -0.15) is 13.2 Å². The van der Waals surface area contributed by atoms with Crippen LogP contribution in [0.1, 0.15) is 6.92 Å². The molecule has 0 aromatic carbocycles. The number of rotatable bonds is 3. The standard InChI is InChI=1S/C6H11F4NO/c1-5(2-11,3-12)4(7)6(8,9)10/h4,12H,2-3,11H2,1H3. The second-order valence-corrected chi connectivity index (χ2v) is 2.92. The first-order chi connectivity index (χ1) is 5.28. The lowest BCUT2D eigenvalue weighted by atomic mass is 9.86. The quantitative estimate of drug-likeness (QED) is 0.646. The molecule has 0 saturated carbocycles. The van der Waals surface area contributed by atoms with Crippen molar-refractivity contribution in [3.63, 3.8) is 0 Å². The summed E-state index contributed by atoms with van der Waals surface area (Å²) in [5, 5.41) is 8.50. The van der Waals surface area contributed by atoms with Gasteiger partial charge in [0, 0.05) is 12.0 Å². The Morgan fingerprint density at radius 2 is 1.83 bits per heavy atom. The Bertz CT molecular complexity index is 143. The number of hydrogen-bond acceptors (Lipinski definition) is 2. The Morgan fingerprint density at radius 1 is 1.42 bits per heavy atom. The highest BCUT2D eigenvalue weighted by molar-refractivity contribution is 4.87. The topological polar surface area (TPSA) is 46.2 Å². The molecule has 2 nitrogen and oxygen atoms in total. The van der Waals surface area contributed by atoms with Crippen LogP contribution >= 0.6 is 0 Å². The first-order valence-corrected chi connectivity index (χ1v) is 3.29. The van der Waals surface area contributed by atoms with Crippen LogP contribution in [-0.2, 0) is 0 Å². The van der Waals surface area contributed by atoms with E-state index < -0.39 is 30.9 Å². The van der Waals surface area contributed by atoms with E-state index in [4.69, 9.17) is 10.8 Å². The minimum Gasteiger partial charge on any atom is -0.396 e. The van der Waals surface area contributed by atoms with Crippen molar-refractivity contribution in [3.05, 3.63) is 0 Å². The fraction of sp³-hybridized carbons (Fsp3) is 1.00. The van der Waals surface area contributed by atoms with Crippen molar-refractivity contribution in [1.29, 1.82) is 0 Å². The lowest BCUT2D eigenvalue weighted by Gasteiger charge is -2.30. The summed E-state index contributed by atoms with van der Waals surface area (Å²) in [6.45, 7) is -0.528. The highest BCUT2D eigenvalue weighted by atomic mass is 19.4. The molecule has 0 amide bonds. The highest BCUT2D eigenvalue weighted by Gasteiger charge is 2.51. The summed E-state index contributed by atoms with van der Waals surface area (Å²) in [7, 11) is 0. The van der Waals surface area contributed by atoms with Gasteiger partial charge in [-0.05, 0) is 0 Å². The van der Waals surface area contributed by atoms with Gasteiger partial charge in [0.1, 0.15) is 0 Å². The molecule has 0 radical (unpaired) electrons. The summed E-state index contributed by atoms with van der Waals surface area (Å²) in [5.41, 5.74) is 2.98. The third-order valence-electron chi connectivity index (χ3n) is 1.73. The SMILES string of the molecule is CC(CN)(CO)C(F)C(F)(F)F. The molecule has 0 spiro atoms. The van der Waals surface area contributed by atoms with E-state index in [1.807, 2.05) is 0 Å². The molecule has 0 saturated heterocycles. The third kappa shape index (κ3) is 2.31. The lowest BCUT2D eigenvalue weighted by Crippen LogP contribution is -2.47. The van der Waals surface area contributed by atoms with E-state index in [0.29, 0.717) is 0 Å². The van der Waals surface area contributed by atoms with Gasteiger partial charge in [0.2, 0.25) is 6.17 Å². The summed E-state index contributed by atoms with van der Waals surface area (Å²) in [6, 6.07) is 0. The average molecular weight is 189 g/mol. The molecule has 0 aliphatic rings. The first kappa shape index (κ1) is 11.6. The molecule has 0 aromatic rings. The second-order valence-electron chi connectivity index (χ2n) is 2.92. The Labute approximate surface area is 67.4 Å². The monoisotopic (exact) mass is 189 g/mol. The van der Waals surface area contributed by atoms with Crippen molar-refractivity contribution < 1.29 is 22.7 Å². The summed E-state index contributed by atoms with van der Waals surface area (Å²) >= 11 is 0. The van der Waals surface area contributed by atoms with Gasteiger partial charge in [-0.1, -0.05) is 6.92 Å². The number of aliphatic hydroxyl groups is 1. The van der Waals surface area contributed by atoms with E-state index >= 15 is 0 Å². The van der Waals surface area contributed by atoms with Crippen LogP contribution in [0.5, 0.6) is 0 Å². The van der Waals surface area contributed by atoms with E-state index in [2.05, 4.69) is 0 Å². The van der Waals surface area contributed by atoms with Crippen molar-refractivity contribution >= 4 is 0 Å². The maximum atomic E-state index is 12.6. The minimum absolute atomic E-state index is 0.551. The molecular formula is C6H11F4NO. The van der Waals surface area contributed by atoms with Crippen LogP contribution in [0.3, 0.4) is 0 Å². The molecule has 3 N–H and O–H groups in total. The molecule has 74 valence electrons. The largest absolute Gasteiger partial charge is 0.420 e. The second kappa shape index (κ2) is 3.57. The molecule has 0 bridgehead atoms. The maximum absolute atomic E-state index is 12.6. The van der Waals surface area contributed by atoms with Crippen molar-refractivity contribution in [2.24, 2.45) is 11.1 Å². The van der Waals surface area contributed by atoms with E-state index in [9.17, 15) is 17.6 Å². The molecule has 12 heavy (non-hydrogen) atoms. The summed E-state index contributed by atoms with van der Waals surface area (Å²) in [6.07, 6.45) is -8.04. The zero-order chi connectivity index (χ0) is 9.99. The van der Waals surface area contributed by atoms with Gasteiger partial charge in [0.05, 0.1) is 6.61 Å². The number of alkyl halides is 4. The van der Waals surface area contributed by atoms with Crippen LogP contribution in [0, 0.1) is 5.41 Å². The minimum atomic E-state index is -4.96. The van der Waals surface area contributed by atoms with Crippen molar-refractivity contribution in [3.8, 4) is 0 Å². The molecular weight excluding hydrogens is 178 g/mol. The van der Waals surface area contributed by atoms with Crippen LogP contribution < -0.4 is 5.73 Å². The lowest BCUT2D eigenvalue weighted by molar-refractivity contribution is -0.214. The van der Waals surface area contributed by atoms with Crippen LogP contribution in [-0.4, -0.2) is 30.6 Å². The van der Waals surface area contributed by atoms with Gasteiger partial charge in [0.15, 0.2) is 0 Å². The Kier molecular flexibility index (Phi) is 3.46. The van der Waals surface area contributed by atoms with Crippen LogP contribution in [0.4, 0.5) is 17.6 Å². The predicted molar refractivity (Wildman–Crippen MR) is 35.2 cm³/mol. The molecule has 0 fully saturated rings. The van der Waals surface area contributed by atoms with Crippen LogP contribution in [0.2, 0.25) is 0 Å². The van der Waals surface area contributed by atoms with Gasteiger partial charge in [-0.25, -0.2) is 4.39 Å². The molecule has 6 heteroatoms. The van der Waals surface area contributed by atoms with Crippen molar-refractivity contribution in [1.82, 2.24) is 0 Å². The zero-order valence-corrected chi connectivity index (χ0v) is 6.53. The average Bonchev–Trinajstić information content (AvgIpc) is 2.00. The third-order valence-corrected chi connectivity index (χ3v) is 1.73. The van der Waals surface area contributed by atoms with Gasteiger partial charge in [-0.15, -0.1) is 0 Å². The van der Waals surface area contributed by atoms with Gasteiger partial charge < -0.3 is 10.8 Å². The molecule has 0 rings (SSSR count). The van der Waals surface area contributed by atoms with E-state index in [1.54, 1.807) is 0 Å². The molecule has 2 atom stereocenters. The molecule has 0 aliphatic heterocycles. The van der Waals surface area contributed by atoms with E-state index in [0.717, 1.165) is 6.92 Å². The summed E-state index contributed by atoms with van der Waals surface area (Å²) < 4.78 is 47.9. The van der Waals surface area contributed by atoms with Crippen LogP contribution in [0.15, 0.2) is 0 Å². The molecule has 0 aliphatic carbocycles. The fourth-order valence-corrected chi connectivity index (χ4v) is 0.643. The molecule has 0 heterocycles. The highest BCUT2D eigenvalue weighted by Crippen LogP contribution is 2.35.